The lowest BCUT2D eigenvalue weighted by atomic mass is 10.3. The van der Waals surface area contributed by atoms with E-state index in [1.807, 2.05) is 5.32 Å². The average molecular weight is 308 g/mol. The van der Waals surface area contributed by atoms with Gasteiger partial charge >= 0.3 is 12.1 Å². The molecule has 0 bridgehead atoms. The molecule has 1 aromatic rings. The molecular formula is C11H11F3N2O5. The van der Waals surface area contributed by atoms with Crippen LogP contribution in [0.25, 0.3) is 0 Å². The standard InChI is InChI=1S/C11H11F3N2O5/c1-20-9-6(21-5-11(12,13)14)2-3-15-8(9)10(19)16-4-7(17)18/h2-3H,4-5H2,1H3,(H,16,19)(H,17,18). The van der Waals surface area contributed by atoms with E-state index in [-0.39, 0.29) is 17.2 Å². The first kappa shape index (κ1) is 16.5. The van der Waals surface area contributed by atoms with E-state index in [0.29, 0.717) is 0 Å². The van der Waals surface area contributed by atoms with Gasteiger partial charge in [0.25, 0.3) is 5.91 Å². The summed E-state index contributed by atoms with van der Waals surface area (Å²) in [7, 11) is 1.12. The molecule has 7 nitrogen and oxygen atoms in total. The molecule has 1 rings (SSSR count). The fourth-order valence-corrected chi connectivity index (χ4v) is 1.30. The van der Waals surface area contributed by atoms with Gasteiger partial charge in [-0.15, -0.1) is 0 Å². The molecule has 0 atom stereocenters. The van der Waals surface area contributed by atoms with Crippen LogP contribution in [0.15, 0.2) is 12.3 Å². The summed E-state index contributed by atoms with van der Waals surface area (Å²) in [5, 5.41) is 10.5. The number of nitrogens with one attached hydrogen (secondary N) is 1. The monoisotopic (exact) mass is 308 g/mol. The number of ether oxygens (including phenoxy) is 2. The second kappa shape index (κ2) is 6.77. The van der Waals surface area contributed by atoms with E-state index in [9.17, 15) is 22.8 Å². The Labute approximate surface area is 116 Å². The molecule has 0 unspecified atom stereocenters. The number of hydrogen-bond acceptors (Lipinski definition) is 5. The van der Waals surface area contributed by atoms with Gasteiger partial charge in [0.2, 0.25) is 0 Å². The van der Waals surface area contributed by atoms with Crippen molar-refractivity contribution in [2.24, 2.45) is 0 Å². The first-order valence-corrected chi connectivity index (χ1v) is 5.47. The molecule has 0 fully saturated rings. The minimum Gasteiger partial charge on any atom is -0.491 e. The Morgan fingerprint density at radius 2 is 2.10 bits per heavy atom. The third-order valence-corrected chi connectivity index (χ3v) is 2.08. The van der Waals surface area contributed by atoms with Crippen LogP contribution in [-0.2, 0) is 4.79 Å². The van der Waals surface area contributed by atoms with E-state index in [2.05, 4.69) is 9.72 Å². The Morgan fingerprint density at radius 3 is 2.62 bits per heavy atom. The van der Waals surface area contributed by atoms with Crippen LogP contribution in [-0.4, -0.2) is 48.4 Å². The number of aliphatic carboxylic acids is 1. The number of rotatable bonds is 6. The predicted octanol–water partition coefficient (Wildman–Crippen LogP) is 0.846. The Hall–Kier alpha value is -2.52. The molecule has 10 heteroatoms. The number of aromatic nitrogens is 1. The topological polar surface area (TPSA) is 97.8 Å². The maximum absolute atomic E-state index is 12.1. The number of alkyl halides is 3. The molecule has 116 valence electrons. The van der Waals surface area contributed by atoms with Gasteiger partial charge in [-0.3, -0.25) is 9.59 Å². The second-order valence-electron chi connectivity index (χ2n) is 3.67. The molecule has 0 spiro atoms. The number of carboxylic acids is 1. The van der Waals surface area contributed by atoms with Crippen molar-refractivity contribution in [3.05, 3.63) is 18.0 Å². The first-order chi connectivity index (χ1) is 9.74. The Bertz CT molecular complexity index is 533. The van der Waals surface area contributed by atoms with Crippen LogP contribution >= 0.6 is 0 Å². The molecule has 1 amide bonds. The number of carboxylic acid groups (broad SMARTS) is 1. The van der Waals surface area contributed by atoms with Gasteiger partial charge in [0.15, 0.2) is 23.8 Å². The van der Waals surface area contributed by atoms with Crippen molar-refractivity contribution >= 4 is 11.9 Å². The molecule has 1 heterocycles. The molecule has 0 saturated carbocycles. The zero-order valence-electron chi connectivity index (χ0n) is 10.7. The van der Waals surface area contributed by atoms with Crippen molar-refractivity contribution in [2.75, 3.05) is 20.3 Å². The van der Waals surface area contributed by atoms with Gasteiger partial charge in [0.05, 0.1) is 7.11 Å². The number of hydrogen-bond donors (Lipinski definition) is 2. The summed E-state index contributed by atoms with van der Waals surface area (Å²) < 4.78 is 45.7. The Kier molecular flexibility index (Phi) is 5.33. The summed E-state index contributed by atoms with van der Waals surface area (Å²) in [5.41, 5.74) is -0.376. The molecule has 0 aliphatic rings. The number of carbonyl (C=O) groups excluding carboxylic acids is 1. The number of nitrogens with zero attached hydrogens (tertiary/aromatic N) is 1. The van der Waals surface area contributed by atoms with Crippen LogP contribution in [0.1, 0.15) is 10.5 Å². The van der Waals surface area contributed by atoms with Gasteiger partial charge in [-0.1, -0.05) is 0 Å². The van der Waals surface area contributed by atoms with Crippen molar-refractivity contribution in [1.82, 2.24) is 10.3 Å². The van der Waals surface area contributed by atoms with E-state index < -0.39 is 31.2 Å². The fraction of sp³-hybridized carbons (Fsp3) is 0.364. The smallest absolute Gasteiger partial charge is 0.422 e. The number of carbonyl (C=O) groups is 2. The minimum absolute atomic E-state index is 0.315. The molecular weight excluding hydrogens is 297 g/mol. The lowest BCUT2D eigenvalue weighted by molar-refractivity contribution is -0.153. The van der Waals surface area contributed by atoms with E-state index in [1.165, 1.54) is 0 Å². The highest BCUT2D eigenvalue weighted by molar-refractivity contribution is 5.97. The van der Waals surface area contributed by atoms with Crippen molar-refractivity contribution in [3.63, 3.8) is 0 Å². The number of halogens is 3. The molecule has 1 aromatic heterocycles. The normalized spacial score (nSPS) is 10.9. The third kappa shape index (κ3) is 5.16. The Morgan fingerprint density at radius 1 is 1.43 bits per heavy atom. The van der Waals surface area contributed by atoms with Crippen molar-refractivity contribution in [3.8, 4) is 11.5 Å². The maximum atomic E-state index is 12.1. The number of amides is 1. The van der Waals surface area contributed by atoms with Crippen molar-refractivity contribution < 1.29 is 37.3 Å². The highest BCUT2D eigenvalue weighted by Crippen LogP contribution is 2.30. The molecule has 2 N–H and O–H groups in total. The van der Waals surface area contributed by atoms with E-state index in [0.717, 1.165) is 19.4 Å². The zero-order valence-corrected chi connectivity index (χ0v) is 10.7. The molecule has 0 aliphatic heterocycles. The van der Waals surface area contributed by atoms with Crippen LogP contribution in [0, 0.1) is 0 Å². The van der Waals surface area contributed by atoms with Crippen LogP contribution in [0.3, 0.4) is 0 Å². The third-order valence-electron chi connectivity index (χ3n) is 2.08. The van der Waals surface area contributed by atoms with Gasteiger partial charge in [0, 0.05) is 12.3 Å². The predicted molar refractivity (Wildman–Crippen MR) is 62.3 cm³/mol. The first-order valence-electron chi connectivity index (χ1n) is 5.47. The highest BCUT2D eigenvalue weighted by atomic mass is 19.4. The summed E-state index contributed by atoms with van der Waals surface area (Å²) in [6.07, 6.45) is -3.51. The fourth-order valence-electron chi connectivity index (χ4n) is 1.30. The molecule has 0 aliphatic carbocycles. The largest absolute Gasteiger partial charge is 0.491 e. The van der Waals surface area contributed by atoms with E-state index in [1.54, 1.807) is 0 Å². The van der Waals surface area contributed by atoms with Gasteiger partial charge in [-0.25, -0.2) is 4.98 Å². The van der Waals surface area contributed by atoms with Crippen molar-refractivity contribution in [2.45, 2.75) is 6.18 Å². The van der Waals surface area contributed by atoms with Gasteiger partial charge in [-0.05, 0) is 0 Å². The highest BCUT2D eigenvalue weighted by Gasteiger charge is 2.29. The quantitative estimate of drug-likeness (QED) is 0.808. The number of methoxy groups -OCH3 is 1. The van der Waals surface area contributed by atoms with Crippen LogP contribution in [0.5, 0.6) is 11.5 Å². The maximum Gasteiger partial charge on any atom is 0.422 e. The summed E-state index contributed by atoms with van der Waals surface area (Å²) in [4.78, 5) is 25.7. The lowest BCUT2D eigenvalue weighted by Gasteiger charge is -2.14. The number of pyridine rings is 1. The molecule has 21 heavy (non-hydrogen) atoms. The van der Waals surface area contributed by atoms with E-state index in [4.69, 9.17) is 9.84 Å². The van der Waals surface area contributed by atoms with Crippen LogP contribution in [0.2, 0.25) is 0 Å². The zero-order chi connectivity index (χ0) is 16.0. The molecule has 0 aromatic carbocycles. The van der Waals surface area contributed by atoms with Gasteiger partial charge < -0.3 is 19.9 Å². The van der Waals surface area contributed by atoms with Crippen molar-refractivity contribution in [1.29, 1.82) is 0 Å². The molecule has 0 saturated heterocycles. The molecule has 0 radical (unpaired) electrons. The minimum atomic E-state index is -4.56. The average Bonchev–Trinajstić information content (AvgIpc) is 2.41. The summed E-state index contributed by atoms with van der Waals surface area (Å²) in [6.45, 7) is -2.24. The summed E-state index contributed by atoms with van der Waals surface area (Å²) in [6, 6.07) is 1.10. The second-order valence-corrected chi connectivity index (χ2v) is 3.67. The van der Waals surface area contributed by atoms with Crippen LogP contribution < -0.4 is 14.8 Å². The van der Waals surface area contributed by atoms with Gasteiger partial charge in [0.1, 0.15) is 6.54 Å². The van der Waals surface area contributed by atoms with E-state index >= 15 is 0 Å². The summed E-state index contributed by atoms with van der Waals surface area (Å²) in [5.74, 6) is -2.84. The van der Waals surface area contributed by atoms with Gasteiger partial charge in [-0.2, -0.15) is 13.2 Å². The SMILES string of the molecule is COc1c(OCC(F)(F)F)ccnc1C(=O)NCC(=O)O. The summed E-state index contributed by atoms with van der Waals surface area (Å²) >= 11 is 0. The van der Waals surface area contributed by atoms with Crippen LogP contribution in [0.4, 0.5) is 13.2 Å². The lowest BCUT2D eigenvalue weighted by Crippen LogP contribution is -2.30. The Balaban J connectivity index is 2.95.